The molecule has 2 aliphatic carbocycles. The molecule has 0 aromatic heterocycles. The number of rotatable bonds is 2. The van der Waals surface area contributed by atoms with Crippen LogP contribution in [0.5, 0.6) is 0 Å². The van der Waals surface area contributed by atoms with Crippen LogP contribution in [-0.2, 0) is 4.74 Å². The van der Waals surface area contributed by atoms with Crippen molar-refractivity contribution in [2.45, 2.75) is 75.5 Å². The summed E-state index contributed by atoms with van der Waals surface area (Å²) in [5, 5.41) is 3.88. The van der Waals surface area contributed by atoms with Gasteiger partial charge in [0.05, 0.1) is 5.60 Å². The van der Waals surface area contributed by atoms with Gasteiger partial charge in [0.15, 0.2) is 0 Å². The second kappa shape index (κ2) is 3.46. The van der Waals surface area contributed by atoms with E-state index >= 15 is 0 Å². The molecule has 1 aliphatic heterocycles. The molecular formula is C13H23NO. The van der Waals surface area contributed by atoms with Crippen LogP contribution in [-0.4, -0.2) is 23.8 Å². The van der Waals surface area contributed by atoms with Gasteiger partial charge in [-0.25, -0.2) is 0 Å². The van der Waals surface area contributed by atoms with Gasteiger partial charge in [0, 0.05) is 18.2 Å². The van der Waals surface area contributed by atoms with E-state index < -0.39 is 0 Å². The molecule has 0 radical (unpaired) electrons. The Balaban J connectivity index is 1.57. The summed E-state index contributed by atoms with van der Waals surface area (Å²) < 4.78 is 5.96. The van der Waals surface area contributed by atoms with Crippen LogP contribution in [0.2, 0.25) is 0 Å². The standard InChI is InChI=1S/C13H23NO/c1-12(5-2-6-12)14-11-4-9-15-13(10-11)7-3-8-13/h11,14H,2-10H2,1H3. The van der Waals surface area contributed by atoms with E-state index in [0.717, 1.165) is 12.6 Å². The third-order valence-electron chi connectivity index (χ3n) is 4.77. The first-order valence-electron chi connectivity index (χ1n) is 6.62. The summed E-state index contributed by atoms with van der Waals surface area (Å²) in [4.78, 5) is 0. The molecule has 0 bridgehead atoms. The maximum Gasteiger partial charge on any atom is 0.0697 e. The quantitative estimate of drug-likeness (QED) is 0.755. The van der Waals surface area contributed by atoms with Crippen LogP contribution in [0.4, 0.5) is 0 Å². The van der Waals surface area contributed by atoms with Crippen LogP contribution in [0.1, 0.15) is 58.3 Å². The Bertz CT molecular complexity index is 241. The van der Waals surface area contributed by atoms with Gasteiger partial charge in [-0.3, -0.25) is 0 Å². The molecule has 1 heterocycles. The summed E-state index contributed by atoms with van der Waals surface area (Å²) in [5.41, 5.74) is 0.767. The molecule has 86 valence electrons. The Morgan fingerprint density at radius 2 is 1.87 bits per heavy atom. The van der Waals surface area contributed by atoms with Gasteiger partial charge in [-0.15, -0.1) is 0 Å². The molecule has 1 spiro atoms. The minimum atomic E-state index is 0.302. The fraction of sp³-hybridized carbons (Fsp3) is 1.00. The minimum Gasteiger partial charge on any atom is -0.375 e. The smallest absolute Gasteiger partial charge is 0.0697 e. The predicted molar refractivity (Wildman–Crippen MR) is 60.9 cm³/mol. The number of ether oxygens (including phenoxy) is 1. The zero-order valence-electron chi connectivity index (χ0n) is 9.85. The molecule has 3 rings (SSSR count). The summed E-state index contributed by atoms with van der Waals surface area (Å²) >= 11 is 0. The number of hydrogen-bond acceptors (Lipinski definition) is 2. The lowest BCUT2D eigenvalue weighted by Gasteiger charge is -2.50. The molecule has 1 atom stereocenters. The van der Waals surface area contributed by atoms with Crippen molar-refractivity contribution in [1.82, 2.24) is 5.32 Å². The third kappa shape index (κ3) is 1.83. The van der Waals surface area contributed by atoms with Crippen LogP contribution in [0.25, 0.3) is 0 Å². The van der Waals surface area contributed by atoms with Crippen LogP contribution >= 0.6 is 0 Å². The van der Waals surface area contributed by atoms with Gasteiger partial charge in [-0.2, -0.15) is 0 Å². The maximum absolute atomic E-state index is 5.96. The van der Waals surface area contributed by atoms with E-state index in [1.54, 1.807) is 0 Å². The Morgan fingerprint density at radius 3 is 2.40 bits per heavy atom. The van der Waals surface area contributed by atoms with E-state index in [4.69, 9.17) is 4.74 Å². The first-order chi connectivity index (χ1) is 7.20. The fourth-order valence-corrected chi connectivity index (χ4v) is 3.41. The summed E-state index contributed by atoms with van der Waals surface area (Å²) in [6.07, 6.45) is 10.6. The van der Waals surface area contributed by atoms with E-state index in [0.29, 0.717) is 11.1 Å². The summed E-state index contributed by atoms with van der Waals surface area (Å²) in [6, 6.07) is 0.726. The van der Waals surface area contributed by atoms with Crippen molar-refractivity contribution in [2.75, 3.05) is 6.61 Å². The van der Waals surface area contributed by atoms with Crippen LogP contribution in [0, 0.1) is 0 Å². The van der Waals surface area contributed by atoms with Gasteiger partial charge < -0.3 is 10.1 Å². The molecule has 1 saturated heterocycles. The highest BCUT2D eigenvalue weighted by Crippen LogP contribution is 2.43. The van der Waals surface area contributed by atoms with Gasteiger partial charge in [0.1, 0.15) is 0 Å². The van der Waals surface area contributed by atoms with Crippen molar-refractivity contribution in [1.29, 1.82) is 0 Å². The van der Waals surface area contributed by atoms with E-state index in [1.165, 1.54) is 51.4 Å². The fourth-order valence-electron chi connectivity index (χ4n) is 3.41. The topological polar surface area (TPSA) is 21.3 Å². The van der Waals surface area contributed by atoms with Crippen LogP contribution < -0.4 is 5.32 Å². The third-order valence-corrected chi connectivity index (χ3v) is 4.77. The Hall–Kier alpha value is -0.0800. The lowest BCUT2D eigenvalue weighted by molar-refractivity contribution is -0.138. The molecule has 1 N–H and O–H groups in total. The van der Waals surface area contributed by atoms with Crippen molar-refractivity contribution in [3.63, 3.8) is 0 Å². The van der Waals surface area contributed by atoms with Crippen LogP contribution in [0.15, 0.2) is 0 Å². The molecule has 15 heavy (non-hydrogen) atoms. The van der Waals surface area contributed by atoms with Crippen molar-refractivity contribution >= 4 is 0 Å². The van der Waals surface area contributed by atoms with E-state index in [-0.39, 0.29) is 0 Å². The van der Waals surface area contributed by atoms with Gasteiger partial charge >= 0.3 is 0 Å². The molecule has 2 nitrogen and oxygen atoms in total. The molecular weight excluding hydrogens is 186 g/mol. The van der Waals surface area contributed by atoms with Crippen molar-refractivity contribution in [2.24, 2.45) is 0 Å². The van der Waals surface area contributed by atoms with E-state index in [9.17, 15) is 0 Å². The first-order valence-corrected chi connectivity index (χ1v) is 6.62. The van der Waals surface area contributed by atoms with E-state index in [1.807, 2.05) is 0 Å². The molecule has 0 aromatic carbocycles. The molecule has 1 unspecified atom stereocenters. The second-order valence-electron chi connectivity index (χ2n) is 6.13. The molecule has 3 fully saturated rings. The predicted octanol–water partition coefficient (Wildman–Crippen LogP) is 2.62. The highest BCUT2D eigenvalue weighted by atomic mass is 16.5. The Kier molecular flexibility index (Phi) is 2.33. The molecule has 2 heteroatoms. The second-order valence-corrected chi connectivity index (χ2v) is 6.13. The minimum absolute atomic E-state index is 0.302. The number of hydrogen-bond donors (Lipinski definition) is 1. The highest BCUT2D eigenvalue weighted by Gasteiger charge is 2.44. The zero-order valence-corrected chi connectivity index (χ0v) is 9.85. The lowest BCUT2D eigenvalue weighted by atomic mass is 9.72. The largest absolute Gasteiger partial charge is 0.375 e. The Morgan fingerprint density at radius 1 is 1.13 bits per heavy atom. The van der Waals surface area contributed by atoms with Gasteiger partial charge in [-0.1, -0.05) is 0 Å². The van der Waals surface area contributed by atoms with Crippen LogP contribution in [0.3, 0.4) is 0 Å². The van der Waals surface area contributed by atoms with Gasteiger partial charge in [-0.05, 0) is 58.3 Å². The molecule has 3 aliphatic rings. The molecule has 0 aromatic rings. The first kappa shape index (κ1) is 10.1. The van der Waals surface area contributed by atoms with Crippen molar-refractivity contribution in [3.8, 4) is 0 Å². The summed E-state index contributed by atoms with van der Waals surface area (Å²) in [6.45, 7) is 3.37. The highest BCUT2D eigenvalue weighted by molar-refractivity contribution is 5.00. The van der Waals surface area contributed by atoms with Crippen molar-refractivity contribution < 1.29 is 4.74 Å². The zero-order chi connectivity index (χ0) is 10.4. The average Bonchev–Trinajstić information content (AvgIpc) is 2.13. The SMILES string of the molecule is CC1(NC2CCOC3(CCC3)C2)CCC1. The number of nitrogens with one attached hydrogen (secondary N) is 1. The lowest BCUT2D eigenvalue weighted by Crippen LogP contribution is -2.58. The Labute approximate surface area is 92.8 Å². The summed E-state index contributed by atoms with van der Waals surface area (Å²) in [5.74, 6) is 0. The van der Waals surface area contributed by atoms with E-state index in [2.05, 4.69) is 12.2 Å². The van der Waals surface area contributed by atoms with Gasteiger partial charge in [0.2, 0.25) is 0 Å². The van der Waals surface area contributed by atoms with Gasteiger partial charge in [0.25, 0.3) is 0 Å². The maximum atomic E-state index is 5.96. The average molecular weight is 209 g/mol. The van der Waals surface area contributed by atoms with Crippen molar-refractivity contribution in [3.05, 3.63) is 0 Å². The summed E-state index contributed by atoms with van der Waals surface area (Å²) in [7, 11) is 0. The molecule has 2 saturated carbocycles. The molecule has 0 amide bonds. The normalized spacial score (nSPS) is 37.0. The monoisotopic (exact) mass is 209 g/mol.